The number of hydrogen-bond acceptors (Lipinski definition) is 2. The van der Waals surface area contributed by atoms with Crippen LogP contribution in [0.25, 0.3) is 0 Å². The number of nitrogens with one attached hydrogen (secondary N) is 2. The zero-order chi connectivity index (χ0) is 11.3. The molecule has 0 aliphatic carbocycles. The Hall–Kier alpha value is -0.570. The number of carbonyl (C=O) groups is 1. The highest BCUT2D eigenvalue weighted by molar-refractivity contribution is 5.76. The Balaban J connectivity index is 2.18. The van der Waals surface area contributed by atoms with E-state index in [1.165, 1.54) is 12.8 Å². The summed E-state index contributed by atoms with van der Waals surface area (Å²) in [5, 5.41) is 6.47. The Morgan fingerprint density at radius 3 is 2.80 bits per heavy atom. The molecule has 15 heavy (non-hydrogen) atoms. The fourth-order valence-electron chi connectivity index (χ4n) is 1.84. The molecule has 0 radical (unpaired) electrons. The minimum absolute atomic E-state index is 0.0554. The van der Waals surface area contributed by atoms with Gasteiger partial charge in [-0.15, -0.1) is 0 Å². The minimum atomic E-state index is -0.0554. The van der Waals surface area contributed by atoms with Crippen LogP contribution in [0.2, 0.25) is 0 Å². The fraction of sp³-hybridized carbons (Fsp3) is 0.917. The number of rotatable bonds is 5. The van der Waals surface area contributed by atoms with Gasteiger partial charge in [-0.3, -0.25) is 4.79 Å². The predicted molar refractivity (Wildman–Crippen MR) is 62.8 cm³/mol. The third-order valence-electron chi connectivity index (χ3n) is 3.24. The molecule has 2 N–H and O–H groups in total. The zero-order valence-electron chi connectivity index (χ0n) is 10.2. The maximum atomic E-state index is 11.6. The number of carbonyl (C=O) groups excluding carboxylic acids is 1. The lowest BCUT2D eigenvalue weighted by atomic mass is 10.0. The van der Waals surface area contributed by atoms with E-state index in [0.717, 1.165) is 19.4 Å². The van der Waals surface area contributed by atoms with E-state index < -0.39 is 0 Å². The topological polar surface area (TPSA) is 41.1 Å². The molecule has 1 heterocycles. The molecule has 0 bridgehead atoms. The van der Waals surface area contributed by atoms with Gasteiger partial charge in [-0.1, -0.05) is 6.92 Å². The molecule has 0 saturated carbocycles. The monoisotopic (exact) mass is 212 g/mol. The highest BCUT2D eigenvalue weighted by atomic mass is 16.1. The summed E-state index contributed by atoms with van der Waals surface area (Å²) in [4.78, 5) is 11.6. The van der Waals surface area contributed by atoms with Crippen LogP contribution in [0.4, 0.5) is 0 Å². The number of hydrogen-bond donors (Lipinski definition) is 2. The van der Waals surface area contributed by atoms with Gasteiger partial charge in [0.1, 0.15) is 0 Å². The maximum absolute atomic E-state index is 11.6. The van der Waals surface area contributed by atoms with E-state index in [9.17, 15) is 4.79 Å². The van der Waals surface area contributed by atoms with Gasteiger partial charge >= 0.3 is 0 Å². The second-order valence-corrected chi connectivity index (χ2v) is 5.12. The molecule has 0 aromatic carbocycles. The van der Waals surface area contributed by atoms with Crippen LogP contribution in [0.15, 0.2) is 0 Å². The Labute approximate surface area is 93.0 Å². The highest BCUT2D eigenvalue weighted by Crippen LogP contribution is 2.12. The Morgan fingerprint density at radius 2 is 2.27 bits per heavy atom. The van der Waals surface area contributed by atoms with Crippen LogP contribution in [-0.4, -0.2) is 24.0 Å². The van der Waals surface area contributed by atoms with Crippen LogP contribution in [0.1, 0.15) is 52.9 Å². The van der Waals surface area contributed by atoms with E-state index in [2.05, 4.69) is 31.4 Å². The maximum Gasteiger partial charge on any atom is 0.220 e. The van der Waals surface area contributed by atoms with Crippen molar-refractivity contribution < 1.29 is 4.79 Å². The van der Waals surface area contributed by atoms with E-state index in [0.29, 0.717) is 12.5 Å². The first-order valence-electron chi connectivity index (χ1n) is 6.08. The van der Waals surface area contributed by atoms with Gasteiger partial charge in [0.05, 0.1) is 0 Å². The molecule has 1 unspecified atom stereocenters. The van der Waals surface area contributed by atoms with Gasteiger partial charge in [-0.25, -0.2) is 0 Å². The highest BCUT2D eigenvalue weighted by Gasteiger charge is 2.19. The Bertz CT molecular complexity index is 208. The molecule has 1 aliphatic heterocycles. The lowest BCUT2D eigenvalue weighted by Gasteiger charge is -2.24. The van der Waals surface area contributed by atoms with E-state index in [1.807, 2.05) is 0 Å². The quantitative estimate of drug-likeness (QED) is 0.730. The normalized spacial score (nSPS) is 21.7. The van der Waals surface area contributed by atoms with Gasteiger partial charge in [0.15, 0.2) is 0 Å². The summed E-state index contributed by atoms with van der Waals surface area (Å²) >= 11 is 0. The van der Waals surface area contributed by atoms with Crippen LogP contribution in [0, 0.1) is 0 Å². The second kappa shape index (κ2) is 5.50. The van der Waals surface area contributed by atoms with Crippen molar-refractivity contribution in [2.75, 3.05) is 6.54 Å². The molecular weight excluding hydrogens is 188 g/mol. The van der Waals surface area contributed by atoms with Crippen molar-refractivity contribution in [1.29, 1.82) is 0 Å². The molecule has 88 valence electrons. The van der Waals surface area contributed by atoms with Crippen LogP contribution < -0.4 is 10.6 Å². The lowest BCUT2D eigenvalue weighted by molar-refractivity contribution is -0.122. The molecular formula is C12H24N2O. The molecule has 3 heteroatoms. The Kier molecular flexibility index (Phi) is 4.58. The molecule has 1 saturated heterocycles. The molecule has 0 spiro atoms. The lowest BCUT2D eigenvalue weighted by Crippen LogP contribution is -2.43. The van der Waals surface area contributed by atoms with Crippen LogP contribution in [0.3, 0.4) is 0 Å². The van der Waals surface area contributed by atoms with Crippen molar-refractivity contribution in [1.82, 2.24) is 10.6 Å². The van der Waals surface area contributed by atoms with Gasteiger partial charge in [0, 0.05) is 18.0 Å². The summed E-state index contributed by atoms with van der Waals surface area (Å²) in [5.41, 5.74) is -0.0554. The molecule has 0 aromatic heterocycles. The molecule has 1 aliphatic rings. The summed E-state index contributed by atoms with van der Waals surface area (Å²) in [6.45, 7) is 7.35. The van der Waals surface area contributed by atoms with Crippen molar-refractivity contribution >= 4 is 5.91 Å². The van der Waals surface area contributed by atoms with Crippen LogP contribution in [-0.2, 0) is 4.79 Å². The summed E-state index contributed by atoms with van der Waals surface area (Å²) in [7, 11) is 0. The smallest absolute Gasteiger partial charge is 0.220 e. The van der Waals surface area contributed by atoms with Crippen LogP contribution >= 0.6 is 0 Å². The number of amides is 1. The van der Waals surface area contributed by atoms with Gasteiger partial charge in [0.25, 0.3) is 0 Å². The van der Waals surface area contributed by atoms with Crippen LogP contribution in [0.5, 0.6) is 0 Å². The van der Waals surface area contributed by atoms with Crippen molar-refractivity contribution in [2.24, 2.45) is 0 Å². The fourth-order valence-corrected chi connectivity index (χ4v) is 1.84. The molecule has 0 aromatic rings. The van der Waals surface area contributed by atoms with Gasteiger partial charge in [0.2, 0.25) is 5.91 Å². The summed E-state index contributed by atoms with van der Waals surface area (Å²) in [6, 6.07) is 0.570. The van der Waals surface area contributed by atoms with E-state index in [1.54, 1.807) is 0 Å². The van der Waals surface area contributed by atoms with E-state index in [4.69, 9.17) is 0 Å². The first-order chi connectivity index (χ1) is 7.03. The van der Waals surface area contributed by atoms with Crippen molar-refractivity contribution in [3.63, 3.8) is 0 Å². The summed E-state index contributed by atoms with van der Waals surface area (Å²) in [5.74, 6) is 0.190. The first kappa shape index (κ1) is 12.5. The zero-order valence-corrected chi connectivity index (χ0v) is 10.2. The van der Waals surface area contributed by atoms with Gasteiger partial charge in [-0.05, 0) is 46.1 Å². The van der Waals surface area contributed by atoms with E-state index >= 15 is 0 Å². The largest absolute Gasteiger partial charge is 0.351 e. The van der Waals surface area contributed by atoms with E-state index in [-0.39, 0.29) is 11.4 Å². The predicted octanol–water partition coefficient (Wildman–Crippen LogP) is 1.82. The van der Waals surface area contributed by atoms with Crippen molar-refractivity contribution in [2.45, 2.75) is 64.5 Å². The molecule has 1 atom stereocenters. The first-order valence-corrected chi connectivity index (χ1v) is 6.08. The second-order valence-electron chi connectivity index (χ2n) is 5.12. The molecule has 1 fully saturated rings. The third kappa shape index (κ3) is 4.65. The molecule has 3 nitrogen and oxygen atoms in total. The third-order valence-corrected chi connectivity index (χ3v) is 3.24. The molecule has 1 amide bonds. The van der Waals surface area contributed by atoms with Crippen molar-refractivity contribution in [3.8, 4) is 0 Å². The standard InChI is InChI=1S/C12H24N2O/c1-4-12(2,3)14-11(15)8-7-10-6-5-9-13-10/h10,13H,4-9H2,1-3H3,(H,14,15). The average molecular weight is 212 g/mol. The van der Waals surface area contributed by atoms with Gasteiger partial charge in [-0.2, -0.15) is 0 Å². The minimum Gasteiger partial charge on any atom is -0.351 e. The summed E-state index contributed by atoms with van der Waals surface area (Å²) < 4.78 is 0. The average Bonchev–Trinajstić information content (AvgIpc) is 2.66. The molecule has 1 rings (SSSR count). The SMILES string of the molecule is CCC(C)(C)NC(=O)CCC1CCCN1. The van der Waals surface area contributed by atoms with Gasteiger partial charge < -0.3 is 10.6 Å². The Morgan fingerprint density at radius 1 is 1.53 bits per heavy atom. The summed E-state index contributed by atoms with van der Waals surface area (Å²) in [6.07, 6.45) is 5.09. The van der Waals surface area contributed by atoms with Crippen molar-refractivity contribution in [3.05, 3.63) is 0 Å².